The second kappa shape index (κ2) is 5.99. The molecule has 2 aromatic heterocycles. The van der Waals surface area contributed by atoms with Gasteiger partial charge in [-0.25, -0.2) is 19.3 Å². The second-order valence-electron chi connectivity index (χ2n) is 5.63. The van der Waals surface area contributed by atoms with Crippen LogP contribution in [0.1, 0.15) is 6.42 Å². The van der Waals surface area contributed by atoms with E-state index in [1.165, 1.54) is 30.8 Å². The van der Waals surface area contributed by atoms with Crippen molar-refractivity contribution in [2.75, 3.05) is 26.2 Å². The number of hydrogen-bond donors (Lipinski definition) is 0. The lowest BCUT2D eigenvalue weighted by atomic mass is 10.2. The first-order chi connectivity index (χ1) is 11.9. The summed E-state index contributed by atoms with van der Waals surface area (Å²) < 4.78 is 10.9. The summed E-state index contributed by atoms with van der Waals surface area (Å²) in [6, 6.07) is 3.17. The van der Waals surface area contributed by atoms with E-state index >= 15 is 0 Å². The molecule has 0 N–H and O–H groups in total. The topological polar surface area (TPSA) is 104 Å². The molecule has 2 atom stereocenters. The Morgan fingerprint density at radius 1 is 1.40 bits per heavy atom. The van der Waals surface area contributed by atoms with Gasteiger partial charge in [-0.1, -0.05) is 11.6 Å². The molecule has 9 nitrogen and oxygen atoms in total. The number of aldehydes is 1. The van der Waals surface area contributed by atoms with Gasteiger partial charge in [0.15, 0.2) is 17.0 Å². The Bertz CT molecular complexity index is 882. The van der Waals surface area contributed by atoms with Crippen molar-refractivity contribution in [2.45, 2.75) is 12.0 Å². The van der Waals surface area contributed by atoms with Gasteiger partial charge in [-0.2, -0.15) is 5.10 Å². The SMILES string of the molecule is COC(=O)N(C)c1nn([C@@]2(C(=O)OC)C[C@@H]2C=O)c2nc(Cl)ccc12. The molecular formula is C15H15ClN4O5. The Balaban J connectivity index is 2.25. The van der Waals surface area contributed by atoms with Gasteiger partial charge in [-0.3, -0.25) is 4.90 Å². The van der Waals surface area contributed by atoms with Gasteiger partial charge in [-0.05, 0) is 18.6 Å². The molecule has 1 fully saturated rings. The van der Waals surface area contributed by atoms with Gasteiger partial charge < -0.3 is 14.3 Å². The van der Waals surface area contributed by atoms with Crippen molar-refractivity contribution in [1.29, 1.82) is 0 Å². The van der Waals surface area contributed by atoms with Crippen LogP contribution in [0.25, 0.3) is 11.0 Å². The second-order valence-corrected chi connectivity index (χ2v) is 6.02. The number of pyridine rings is 1. The lowest BCUT2D eigenvalue weighted by Gasteiger charge is -2.15. The van der Waals surface area contributed by atoms with E-state index in [-0.39, 0.29) is 23.0 Å². The first kappa shape index (κ1) is 17.2. The average molecular weight is 367 g/mol. The molecule has 1 aliphatic rings. The van der Waals surface area contributed by atoms with E-state index < -0.39 is 23.5 Å². The minimum absolute atomic E-state index is 0.184. The molecule has 1 amide bonds. The number of carbonyl (C=O) groups excluding carboxylic acids is 3. The third-order valence-corrected chi connectivity index (χ3v) is 4.52. The number of ether oxygens (including phenoxy) is 2. The van der Waals surface area contributed by atoms with Crippen LogP contribution >= 0.6 is 11.6 Å². The number of halogens is 1. The lowest BCUT2D eigenvalue weighted by Crippen LogP contribution is -2.33. The molecule has 2 heterocycles. The van der Waals surface area contributed by atoms with Gasteiger partial charge in [0.1, 0.15) is 11.4 Å². The monoisotopic (exact) mass is 366 g/mol. The number of esters is 1. The van der Waals surface area contributed by atoms with Crippen molar-refractivity contribution in [3.05, 3.63) is 17.3 Å². The summed E-state index contributed by atoms with van der Waals surface area (Å²) in [7, 11) is 3.95. The fourth-order valence-corrected chi connectivity index (χ4v) is 3.03. The molecule has 1 saturated carbocycles. The van der Waals surface area contributed by atoms with Crippen LogP contribution in [-0.4, -0.2) is 54.4 Å². The number of hydrogen-bond acceptors (Lipinski definition) is 7. The summed E-state index contributed by atoms with van der Waals surface area (Å²) >= 11 is 5.98. The van der Waals surface area contributed by atoms with Gasteiger partial charge in [-0.15, -0.1) is 0 Å². The van der Waals surface area contributed by atoms with E-state index in [2.05, 4.69) is 10.1 Å². The van der Waals surface area contributed by atoms with Crippen LogP contribution in [0.15, 0.2) is 12.1 Å². The quantitative estimate of drug-likeness (QED) is 0.457. The molecule has 1 aliphatic carbocycles. The molecule has 3 rings (SSSR count). The summed E-state index contributed by atoms with van der Waals surface area (Å²) in [5, 5.41) is 5.03. The number of anilines is 1. The van der Waals surface area contributed by atoms with Gasteiger partial charge in [0.25, 0.3) is 0 Å². The molecule has 0 spiro atoms. The van der Waals surface area contributed by atoms with Gasteiger partial charge >= 0.3 is 12.1 Å². The average Bonchev–Trinajstić information content (AvgIpc) is 3.26. The van der Waals surface area contributed by atoms with Crippen LogP contribution in [0.4, 0.5) is 10.6 Å². The molecule has 0 unspecified atom stereocenters. The first-order valence-electron chi connectivity index (χ1n) is 7.31. The van der Waals surface area contributed by atoms with Crippen molar-refractivity contribution in [3.63, 3.8) is 0 Å². The molecule has 0 aliphatic heterocycles. The van der Waals surface area contributed by atoms with E-state index in [1.54, 1.807) is 12.1 Å². The number of carbonyl (C=O) groups is 3. The molecule has 2 aromatic rings. The lowest BCUT2D eigenvalue weighted by molar-refractivity contribution is -0.147. The standard InChI is InChI=1S/C15H15ClN4O5/c1-19(14(23)25-3)12-9-4-5-10(16)17-11(9)20(18-12)15(13(22)24-2)6-8(15)7-21/h4-5,7-8H,6H2,1-3H3/t8-,15+/m1/s1. The number of rotatable bonds is 4. The highest BCUT2D eigenvalue weighted by Crippen LogP contribution is 2.51. The maximum absolute atomic E-state index is 12.4. The number of amides is 1. The van der Waals surface area contributed by atoms with Crippen LogP contribution in [0, 0.1) is 5.92 Å². The smallest absolute Gasteiger partial charge is 0.414 e. The predicted octanol–water partition coefficient (Wildman–Crippen LogP) is 1.37. The van der Waals surface area contributed by atoms with Crippen LogP contribution in [0.5, 0.6) is 0 Å². The van der Waals surface area contributed by atoms with Gasteiger partial charge in [0, 0.05) is 7.05 Å². The molecule has 132 valence electrons. The molecule has 0 saturated heterocycles. The zero-order valence-corrected chi connectivity index (χ0v) is 14.5. The van der Waals surface area contributed by atoms with Crippen LogP contribution in [-0.2, 0) is 24.6 Å². The summed E-state index contributed by atoms with van der Waals surface area (Å²) in [5.74, 6) is -0.978. The number of fused-ring (bicyclic) bond motifs is 1. The Kier molecular flexibility index (Phi) is 4.11. The summed E-state index contributed by atoms with van der Waals surface area (Å²) in [4.78, 5) is 40.9. The van der Waals surface area contributed by atoms with Crippen molar-refractivity contribution in [2.24, 2.45) is 5.92 Å². The van der Waals surface area contributed by atoms with Crippen molar-refractivity contribution < 1.29 is 23.9 Å². The normalized spacial score (nSPS) is 21.7. The number of nitrogens with zero attached hydrogens (tertiary/aromatic N) is 4. The highest BCUT2D eigenvalue weighted by Gasteiger charge is 2.65. The van der Waals surface area contributed by atoms with Crippen molar-refractivity contribution in [3.8, 4) is 0 Å². The molecule has 25 heavy (non-hydrogen) atoms. The Morgan fingerprint density at radius 2 is 2.12 bits per heavy atom. The summed E-state index contributed by atoms with van der Waals surface area (Å²) in [6.07, 6.45) is 0.269. The summed E-state index contributed by atoms with van der Waals surface area (Å²) in [5.41, 5.74) is -1.02. The minimum Gasteiger partial charge on any atom is -0.467 e. The Morgan fingerprint density at radius 3 is 2.68 bits per heavy atom. The van der Waals surface area contributed by atoms with E-state index in [9.17, 15) is 14.4 Å². The number of methoxy groups -OCH3 is 2. The van der Waals surface area contributed by atoms with E-state index in [0.717, 1.165) is 0 Å². The Hall–Kier alpha value is -2.68. The van der Waals surface area contributed by atoms with Crippen LogP contribution in [0.3, 0.4) is 0 Å². The fourth-order valence-electron chi connectivity index (χ4n) is 2.89. The van der Waals surface area contributed by atoms with Gasteiger partial charge in [0.2, 0.25) is 0 Å². The first-order valence-corrected chi connectivity index (χ1v) is 7.69. The van der Waals surface area contributed by atoms with E-state index in [1.807, 2.05) is 0 Å². The fraction of sp³-hybridized carbons (Fsp3) is 0.400. The molecule has 0 bridgehead atoms. The van der Waals surface area contributed by atoms with E-state index in [4.69, 9.17) is 21.1 Å². The number of aromatic nitrogens is 3. The van der Waals surface area contributed by atoms with Crippen molar-refractivity contribution >= 4 is 46.8 Å². The molecule has 10 heteroatoms. The van der Waals surface area contributed by atoms with Crippen LogP contribution in [0.2, 0.25) is 5.15 Å². The maximum atomic E-state index is 12.4. The minimum atomic E-state index is -1.29. The third-order valence-electron chi connectivity index (χ3n) is 4.31. The zero-order valence-electron chi connectivity index (χ0n) is 13.7. The highest BCUT2D eigenvalue weighted by molar-refractivity contribution is 6.29. The largest absolute Gasteiger partial charge is 0.467 e. The molecule has 0 radical (unpaired) electrons. The van der Waals surface area contributed by atoms with E-state index in [0.29, 0.717) is 11.7 Å². The predicted molar refractivity (Wildman–Crippen MR) is 87.5 cm³/mol. The highest BCUT2D eigenvalue weighted by atomic mass is 35.5. The van der Waals surface area contributed by atoms with Crippen LogP contribution < -0.4 is 4.90 Å². The molecular weight excluding hydrogens is 352 g/mol. The maximum Gasteiger partial charge on any atom is 0.414 e. The zero-order chi connectivity index (χ0) is 18.4. The molecule has 0 aromatic carbocycles. The van der Waals surface area contributed by atoms with Crippen molar-refractivity contribution in [1.82, 2.24) is 14.8 Å². The van der Waals surface area contributed by atoms with Gasteiger partial charge in [0.05, 0.1) is 25.5 Å². The third kappa shape index (κ3) is 2.42. The Labute approximate surface area is 147 Å². The summed E-state index contributed by atoms with van der Waals surface area (Å²) in [6.45, 7) is 0.